The van der Waals surface area contributed by atoms with Crippen LogP contribution in [0.15, 0.2) is 59.5 Å². The van der Waals surface area contributed by atoms with Gasteiger partial charge in [-0.3, -0.25) is 4.57 Å². The largest absolute Gasteiger partial charge is 0.418 e. The predicted molar refractivity (Wildman–Crippen MR) is 138 cm³/mol. The normalized spacial score (nSPS) is 14.9. The molecule has 0 spiro atoms. The Labute approximate surface area is 234 Å². The summed E-state index contributed by atoms with van der Waals surface area (Å²) in [7, 11) is 0. The lowest BCUT2D eigenvalue weighted by atomic mass is 9.68. The van der Waals surface area contributed by atoms with Crippen molar-refractivity contribution in [3.8, 4) is 28.7 Å². The summed E-state index contributed by atoms with van der Waals surface area (Å²) in [5, 5.41) is 13.3. The fraction of sp³-hybridized carbons (Fsp3) is 0.240. The smallest absolute Gasteiger partial charge is 0.403 e. The minimum absolute atomic E-state index is 0.116. The molecule has 3 aromatic heterocycles. The van der Waals surface area contributed by atoms with Gasteiger partial charge >= 0.3 is 6.18 Å². The second-order valence-electron chi connectivity index (χ2n) is 9.11. The van der Waals surface area contributed by atoms with Crippen molar-refractivity contribution < 1.29 is 17.6 Å². The molecule has 0 amide bonds. The lowest BCUT2D eigenvalue weighted by Gasteiger charge is -2.39. The Morgan fingerprint density at radius 2 is 1.72 bits per heavy atom. The van der Waals surface area contributed by atoms with Gasteiger partial charge in [-0.1, -0.05) is 41.2 Å². The van der Waals surface area contributed by atoms with Crippen molar-refractivity contribution in [2.75, 3.05) is 0 Å². The molecule has 5 aromatic rings. The third kappa shape index (κ3) is 4.48. The van der Waals surface area contributed by atoms with Gasteiger partial charge in [0.15, 0.2) is 5.69 Å². The highest BCUT2D eigenvalue weighted by Crippen LogP contribution is 2.54. The molecule has 0 aliphatic heterocycles. The molecule has 0 unspecified atom stereocenters. The average Bonchev–Trinajstić information content (AvgIpc) is 3.59. The average molecular weight is 595 g/mol. The van der Waals surface area contributed by atoms with Crippen molar-refractivity contribution in [3.05, 3.63) is 81.8 Å². The van der Waals surface area contributed by atoms with Crippen LogP contribution in [0.2, 0.25) is 15.1 Å². The van der Waals surface area contributed by atoms with Gasteiger partial charge < -0.3 is 4.42 Å². The molecule has 3 heterocycles. The van der Waals surface area contributed by atoms with Crippen molar-refractivity contribution in [2.24, 2.45) is 0 Å². The Hall–Kier alpha value is -3.41. The highest BCUT2D eigenvalue weighted by Gasteiger charge is 2.63. The Kier molecular flexibility index (Phi) is 6.40. The summed E-state index contributed by atoms with van der Waals surface area (Å²) < 4.78 is 51.1. The Bertz CT molecular complexity index is 1640. The summed E-state index contributed by atoms with van der Waals surface area (Å²) in [5.74, 6) is -0.261. The molecule has 0 saturated heterocycles. The van der Waals surface area contributed by atoms with Gasteiger partial charge in [0.25, 0.3) is 5.89 Å². The van der Waals surface area contributed by atoms with E-state index in [0.717, 1.165) is 0 Å². The number of benzene rings is 2. The third-order valence-corrected chi connectivity index (χ3v) is 7.59. The van der Waals surface area contributed by atoms with Crippen LogP contribution >= 0.6 is 34.8 Å². The topological polar surface area (TPSA) is 87.5 Å². The number of rotatable bonds is 6. The first-order valence-corrected chi connectivity index (χ1v) is 12.9. The van der Waals surface area contributed by atoms with E-state index >= 15 is 0 Å². The number of alkyl halides is 3. The van der Waals surface area contributed by atoms with Gasteiger partial charge in [-0.25, -0.2) is 14.6 Å². The predicted octanol–water partition coefficient (Wildman–Crippen LogP) is 7.17. The Morgan fingerprint density at radius 3 is 2.33 bits per heavy atom. The zero-order valence-electron chi connectivity index (χ0n) is 19.8. The monoisotopic (exact) mass is 593 g/mol. The number of hydrogen-bond acceptors (Lipinski definition) is 6. The number of halogens is 6. The molecule has 0 N–H and O–H groups in total. The molecular weight excluding hydrogens is 578 g/mol. The molecule has 0 bridgehead atoms. The van der Waals surface area contributed by atoms with E-state index in [2.05, 4.69) is 20.3 Å². The van der Waals surface area contributed by atoms with Crippen LogP contribution in [0.4, 0.5) is 13.2 Å². The molecule has 1 saturated carbocycles. The van der Waals surface area contributed by atoms with E-state index in [-0.39, 0.29) is 31.0 Å². The first kappa shape index (κ1) is 25.8. The van der Waals surface area contributed by atoms with Crippen molar-refractivity contribution in [3.63, 3.8) is 0 Å². The zero-order valence-corrected chi connectivity index (χ0v) is 22.1. The molecule has 2 aromatic carbocycles. The maximum atomic E-state index is 14.0. The van der Waals surface area contributed by atoms with Crippen LogP contribution in [-0.2, 0) is 12.0 Å². The molecule has 8 nitrogen and oxygen atoms in total. The number of hydrogen-bond donors (Lipinski definition) is 0. The molecule has 200 valence electrons. The van der Waals surface area contributed by atoms with E-state index in [1.165, 1.54) is 12.7 Å². The van der Waals surface area contributed by atoms with Gasteiger partial charge in [0, 0.05) is 21.3 Å². The summed E-state index contributed by atoms with van der Waals surface area (Å²) in [5.41, 5.74) is -0.316. The van der Waals surface area contributed by atoms with Crippen LogP contribution in [0, 0.1) is 0 Å². The third-order valence-electron chi connectivity index (χ3n) is 6.79. The van der Waals surface area contributed by atoms with E-state index in [1.54, 1.807) is 51.7 Å². The molecule has 14 heteroatoms. The molecule has 0 radical (unpaired) electrons. The van der Waals surface area contributed by atoms with Gasteiger partial charge in [-0.15, -0.1) is 10.2 Å². The zero-order chi connectivity index (χ0) is 27.4. The van der Waals surface area contributed by atoms with Crippen LogP contribution in [-0.4, -0.2) is 40.7 Å². The van der Waals surface area contributed by atoms with E-state index in [0.29, 0.717) is 44.3 Å². The van der Waals surface area contributed by atoms with E-state index in [9.17, 15) is 13.2 Å². The van der Waals surface area contributed by atoms with Crippen LogP contribution in [0.25, 0.3) is 28.7 Å². The SMILES string of the molecule is FC(F)(F)C1(c2nnc(-c3nc(-c4ccc(Cl)cc4Cl)n(-c4ccc(Cl)cc4)c3Cn3cncn3)o2)CCC1. The Morgan fingerprint density at radius 1 is 0.974 bits per heavy atom. The Balaban J connectivity index is 1.59. The minimum Gasteiger partial charge on any atom is -0.418 e. The molecule has 1 aliphatic rings. The van der Waals surface area contributed by atoms with Gasteiger partial charge in [0.1, 0.15) is 23.9 Å². The van der Waals surface area contributed by atoms with Crippen molar-refractivity contribution in [2.45, 2.75) is 37.4 Å². The van der Waals surface area contributed by atoms with Crippen LogP contribution in [0.5, 0.6) is 0 Å². The molecule has 1 aliphatic carbocycles. The lowest BCUT2D eigenvalue weighted by molar-refractivity contribution is -0.219. The summed E-state index contributed by atoms with van der Waals surface area (Å²) in [6, 6.07) is 11.9. The number of imidazole rings is 1. The molecular formula is C25H17Cl3F3N7O. The highest BCUT2D eigenvalue weighted by molar-refractivity contribution is 6.36. The maximum absolute atomic E-state index is 14.0. The second-order valence-corrected chi connectivity index (χ2v) is 10.4. The highest BCUT2D eigenvalue weighted by atomic mass is 35.5. The van der Waals surface area contributed by atoms with Crippen molar-refractivity contribution >= 4 is 34.8 Å². The molecule has 39 heavy (non-hydrogen) atoms. The van der Waals surface area contributed by atoms with Crippen molar-refractivity contribution in [1.29, 1.82) is 0 Å². The second kappa shape index (κ2) is 9.65. The minimum atomic E-state index is -4.52. The van der Waals surface area contributed by atoms with Crippen LogP contribution in [0.1, 0.15) is 30.8 Å². The van der Waals surface area contributed by atoms with E-state index in [1.807, 2.05) is 0 Å². The first-order chi connectivity index (χ1) is 18.7. The number of nitrogens with zero attached hydrogens (tertiary/aromatic N) is 7. The molecule has 6 rings (SSSR count). The fourth-order valence-electron chi connectivity index (χ4n) is 4.62. The van der Waals surface area contributed by atoms with Gasteiger partial charge in [-0.2, -0.15) is 18.3 Å². The van der Waals surface area contributed by atoms with E-state index < -0.39 is 17.5 Å². The molecule has 0 atom stereocenters. The van der Waals surface area contributed by atoms with Crippen LogP contribution in [0.3, 0.4) is 0 Å². The van der Waals surface area contributed by atoms with E-state index in [4.69, 9.17) is 44.2 Å². The van der Waals surface area contributed by atoms with Gasteiger partial charge in [-0.05, 0) is 55.3 Å². The maximum Gasteiger partial charge on any atom is 0.403 e. The van der Waals surface area contributed by atoms with Gasteiger partial charge in [0.05, 0.1) is 17.3 Å². The van der Waals surface area contributed by atoms with Crippen molar-refractivity contribution in [1.82, 2.24) is 34.5 Å². The summed E-state index contributed by atoms with van der Waals surface area (Å²) >= 11 is 18.9. The summed E-state index contributed by atoms with van der Waals surface area (Å²) in [4.78, 5) is 8.78. The van der Waals surface area contributed by atoms with Crippen LogP contribution < -0.4 is 0 Å². The molecule has 1 fully saturated rings. The first-order valence-electron chi connectivity index (χ1n) is 11.7. The van der Waals surface area contributed by atoms with Gasteiger partial charge in [0.2, 0.25) is 5.89 Å². The number of aromatic nitrogens is 7. The fourth-order valence-corrected chi connectivity index (χ4v) is 5.24. The standard InChI is InChI=1S/C25H17Cl3F3N7O/c26-14-2-5-16(6-3-14)38-19(11-37-13-32-12-33-37)20(34-21(38)17-7-4-15(27)10-18(17)28)22-35-36-23(39-22)24(8-1-9-24)25(29,30)31/h2-7,10,12-13H,1,8-9,11H2. The quantitative estimate of drug-likeness (QED) is 0.207. The lowest BCUT2D eigenvalue weighted by Crippen LogP contribution is -2.48. The summed E-state index contributed by atoms with van der Waals surface area (Å²) in [6.45, 7) is 0.123. The summed E-state index contributed by atoms with van der Waals surface area (Å²) in [6.07, 6.45) is -1.47.